The van der Waals surface area contributed by atoms with E-state index in [1.165, 1.54) is 18.5 Å². The number of aromatic amines is 1. The van der Waals surface area contributed by atoms with Gasteiger partial charge in [0, 0.05) is 37.0 Å². The number of hydrogen-bond acceptors (Lipinski definition) is 6. The minimum atomic E-state index is 0.0489. The Labute approximate surface area is 144 Å². The fourth-order valence-corrected chi connectivity index (χ4v) is 3.32. The molecule has 2 fully saturated rings. The number of H-pyrrole nitrogens is 1. The third-order valence-electron chi connectivity index (χ3n) is 4.89. The molecule has 1 atom stereocenters. The van der Waals surface area contributed by atoms with Crippen LogP contribution in [0.2, 0.25) is 0 Å². The Morgan fingerprint density at radius 2 is 2.24 bits per heavy atom. The minimum Gasteiger partial charge on any atom is -0.338 e. The molecule has 0 bridgehead atoms. The number of nitrogens with one attached hydrogen (secondary N) is 2. The standard InChI is InChI=1S/C17H18N8/c18-9-11-5-7-24(10-11)17-20-16(14-2-1-6-25(14)23-17)19-15-8-13(21-22-15)12-3-4-12/h1-2,6,8,11-12H,3-5,7,10H2,(H2,19,20,21,22,23)/t11-/m0/s1. The summed E-state index contributed by atoms with van der Waals surface area (Å²) < 4.78 is 1.82. The van der Waals surface area contributed by atoms with Gasteiger partial charge in [-0.15, -0.1) is 5.10 Å². The van der Waals surface area contributed by atoms with Crippen molar-refractivity contribution in [3.8, 4) is 6.07 Å². The third kappa shape index (κ3) is 2.58. The number of hydrogen-bond donors (Lipinski definition) is 2. The molecule has 4 heterocycles. The predicted octanol–water partition coefficient (Wildman–Crippen LogP) is 2.42. The molecule has 0 spiro atoms. The van der Waals surface area contributed by atoms with E-state index in [1.807, 2.05) is 22.8 Å². The van der Waals surface area contributed by atoms with Gasteiger partial charge in [0.05, 0.1) is 12.0 Å². The second-order valence-corrected chi connectivity index (χ2v) is 6.77. The van der Waals surface area contributed by atoms with Gasteiger partial charge in [-0.25, -0.2) is 4.52 Å². The molecule has 0 amide bonds. The lowest BCUT2D eigenvalue weighted by molar-refractivity contribution is 0.749. The molecule has 0 aromatic carbocycles. The summed E-state index contributed by atoms with van der Waals surface area (Å²) in [5.74, 6) is 2.81. The maximum atomic E-state index is 9.12. The van der Waals surface area contributed by atoms with Crippen LogP contribution >= 0.6 is 0 Å². The molecule has 3 aromatic rings. The van der Waals surface area contributed by atoms with Crippen molar-refractivity contribution in [3.63, 3.8) is 0 Å². The molecule has 0 unspecified atom stereocenters. The van der Waals surface area contributed by atoms with Crippen LogP contribution in [0.3, 0.4) is 0 Å². The molecule has 1 aliphatic heterocycles. The molecule has 5 rings (SSSR count). The van der Waals surface area contributed by atoms with E-state index in [1.54, 1.807) is 0 Å². The summed E-state index contributed by atoms with van der Waals surface area (Å²) in [5.41, 5.74) is 2.08. The van der Waals surface area contributed by atoms with Crippen LogP contribution in [0.1, 0.15) is 30.9 Å². The van der Waals surface area contributed by atoms with Crippen LogP contribution < -0.4 is 10.2 Å². The largest absolute Gasteiger partial charge is 0.338 e. The maximum absolute atomic E-state index is 9.12. The van der Waals surface area contributed by atoms with Gasteiger partial charge < -0.3 is 10.2 Å². The number of nitriles is 1. The Morgan fingerprint density at radius 3 is 3.04 bits per heavy atom. The van der Waals surface area contributed by atoms with Gasteiger partial charge in [-0.2, -0.15) is 15.3 Å². The van der Waals surface area contributed by atoms with E-state index in [0.29, 0.717) is 18.4 Å². The van der Waals surface area contributed by atoms with Crippen molar-refractivity contribution in [2.45, 2.75) is 25.2 Å². The van der Waals surface area contributed by atoms with Crippen LogP contribution in [-0.4, -0.2) is 37.9 Å². The van der Waals surface area contributed by atoms with Gasteiger partial charge in [0.15, 0.2) is 11.6 Å². The molecule has 1 saturated carbocycles. The molecular formula is C17H18N8. The normalized spacial score (nSPS) is 20.1. The SMILES string of the molecule is N#C[C@@H]1CCN(c2nc(Nc3cc(C4CC4)[nH]n3)c3cccn3n2)C1. The van der Waals surface area contributed by atoms with Crippen LogP contribution in [0.25, 0.3) is 5.52 Å². The summed E-state index contributed by atoms with van der Waals surface area (Å²) in [6.45, 7) is 1.48. The number of nitrogens with zero attached hydrogens (tertiary/aromatic N) is 6. The van der Waals surface area contributed by atoms with Gasteiger partial charge in [-0.1, -0.05) is 0 Å². The Balaban J connectivity index is 1.48. The van der Waals surface area contributed by atoms with Crippen LogP contribution in [0.4, 0.5) is 17.6 Å². The van der Waals surface area contributed by atoms with E-state index < -0.39 is 0 Å². The van der Waals surface area contributed by atoms with Crippen LogP contribution in [0.15, 0.2) is 24.4 Å². The topological polar surface area (TPSA) is 97.9 Å². The molecule has 3 aromatic heterocycles. The molecule has 8 heteroatoms. The molecule has 8 nitrogen and oxygen atoms in total. The molecular weight excluding hydrogens is 316 g/mol. The molecule has 25 heavy (non-hydrogen) atoms. The van der Waals surface area contributed by atoms with Gasteiger partial charge in [-0.05, 0) is 31.4 Å². The summed E-state index contributed by atoms with van der Waals surface area (Å²) in [5, 5.41) is 24.5. The molecule has 2 aliphatic rings. The Bertz CT molecular complexity index is 961. The number of anilines is 3. The monoisotopic (exact) mass is 334 g/mol. The summed E-state index contributed by atoms with van der Waals surface area (Å²) in [4.78, 5) is 6.78. The highest BCUT2D eigenvalue weighted by molar-refractivity contribution is 5.73. The van der Waals surface area contributed by atoms with E-state index in [0.717, 1.165) is 30.1 Å². The lowest BCUT2D eigenvalue weighted by Crippen LogP contribution is -2.23. The van der Waals surface area contributed by atoms with Crippen molar-refractivity contribution in [2.24, 2.45) is 5.92 Å². The lowest BCUT2D eigenvalue weighted by atomic mass is 10.1. The van der Waals surface area contributed by atoms with E-state index in [-0.39, 0.29) is 5.92 Å². The van der Waals surface area contributed by atoms with Gasteiger partial charge in [0.1, 0.15) is 5.52 Å². The number of aromatic nitrogens is 5. The van der Waals surface area contributed by atoms with Crippen LogP contribution in [0.5, 0.6) is 0 Å². The highest BCUT2D eigenvalue weighted by atomic mass is 15.4. The average Bonchev–Trinajstić information content (AvgIpc) is 3.06. The smallest absolute Gasteiger partial charge is 0.245 e. The van der Waals surface area contributed by atoms with E-state index in [2.05, 4.69) is 37.6 Å². The molecule has 126 valence electrons. The van der Waals surface area contributed by atoms with Gasteiger partial charge in [0.2, 0.25) is 5.95 Å². The highest BCUT2D eigenvalue weighted by Crippen LogP contribution is 2.39. The van der Waals surface area contributed by atoms with Gasteiger partial charge in [0.25, 0.3) is 0 Å². The Hall–Kier alpha value is -3.08. The predicted molar refractivity (Wildman–Crippen MR) is 92.8 cm³/mol. The van der Waals surface area contributed by atoms with Crippen molar-refractivity contribution in [1.29, 1.82) is 5.26 Å². The molecule has 1 saturated heterocycles. The zero-order valence-electron chi connectivity index (χ0n) is 13.7. The molecule has 1 aliphatic carbocycles. The summed E-state index contributed by atoms with van der Waals surface area (Å²) >= 11 is 0. The Morgan fingerprint density at radius 1 is 1.32 bits per heavy atom. The highest BCUT2D eigenvalue weighted by Gasteiger charge is 2.27. The average molecular weight is 334 g/mol. The third-order valence-corrected chi connectivity index (χ3v) is 4.89. The lowest BCUT2D eigenvalue weighted by Gasteiger charge is -2.16. The quantitative estimate of drug-likeness (QED) is 0.760. The summed E-state index contributed by atoms with van der Waals surface area (Å²) in [6, 6.07) is 8.31. The first-order chi connectivity index (χ1) is 12.3. The van der Waals surface area contributed by atoms with Crippen molar-refractivity contribution in [3.05, 3.63) is 30.1 Å². The summed E-state index contributed by atoms with van der Waals surface area (Å²) in [6.07, 6.45) is 5.23. The van der Waals surface area contributed by atoms with E-state index >= 15 is 0 Å². The fraction of sp³-hybridized carbons (Fsp3) is 0.412. The second kappa shape index (κ2) is 5.48. The van der Waals surface area contributed by atoms with Crippen molar-refractivity contribution in [1.82, 2.24) is 24.8 Å². The van der Waals surface area contributed by atoms with Crippen LogP contribution in [-0.2, 0) is 0 Å². The second-order valence-electron chi connectivity index (χ2n) is 6.77. The van der Waals surface area contributed by atoms with Crippen molar-refractivity contribution < 1.29 is 0 Å². The van der Waals surface area contributed by atoms with E-state index in [4.69, 9.17) is 10.2 Å². The van der Waals surface area contributed by atoms with Crippen molar-refractivity contribution >= 4 is 23.1 Å². The zero-order valence-corrected chi connectivity index (χ0v) is 13.7. The molecule has 0 radical (unpaired) electrons. The first-order valence-corrected chi connectivity index (χ1v) is 8.62. The van der Waals surface area contributed by atoms with Gasteiger partial charge in [-0.3, -0.25) is 5.10 Å². The van der Waals surface area contributed by atoms with E-state index in [9.17, 15) is 0 Å². The zero-order chi connectivity index (χ0) is 16.8. The molecule has 2 N–H and O–H groups in total. The van der Waals surface area contributed by atoms with Gasteiger partial charge >= 0.3 is 0 Å². The minimum absolute atomic E-state index is 0.0489. The van der Waals surface area contributed by atoms with Crippen LogP contribution in [0, 0.1) is 17.2 Å². The fourth-order valence-electron chi connectivity index (χ4n) is 3.32. The first kappa shape index (κ1) is 14.3. The Kier molecular flexibility index (Phi) is 3.13. The first-order valence-electron chi connectivity index (χ1n) is 8.62. The van der Waals surface area contributed by atoms with Crippen molar-refractivity contribution in [2.75, 3.05) is 23.3 Å². The number of rotatable bonds is 4. The maximum Gasteiger partial charge on any atom is 0.245 e. The number of fused-ring (bicyclic) bond motifs is 1. The summed E-state index contributed by atoms with van der Waals surface area (Å²) in [7, 11) is 0.